The maximum atomic E-state index is 11.9. The molecule has 12 nitrogen and oxygen atoms in total. The van der Waals surface area contributed by atoms with Gasteiger partial charge in [0.2, 0.25) is 5.91 Å². The Kier molecular flexibility index (Phi) is 8.69. The Hall–Kier alpha value is -1.48. The van der Waals surface area contributed by atoms with Crippen LogP contribution in [-0.2, 0) is 23.9 Å². The van der Waals surface area contributed by atoms with E-state index in [2.05, 4.69) is 17.9 Å². The van der Waals surface area contributed by atoms with E-state index in [0.717, 1.165) is 0 Å². The van der Waals surface area contributed by atoms with Gasteiger partial charge in [0.05, 0.1) is 19.1 Å². The van der Waals surface area contributed by atoms with E-state index in [1.165, 1.54) is 0 Å². The third-order valence-electron chi connectivity index (χ3n) is 3.66. The number of aliphatic carboxylic acids is 2. The van der Waals surface area contributed by atoms with Gasteiger partial charge in [0.25, 0.3) is 0 Å². The third-order valence-corrected chi connectivity index (χ3v) is 4.05. The van der Waals surface area contributed by atoms with E-state index >= 15 is 0 Å². The zero-order chi connectivity index (χ0) is 20.0. The first-order valence-electron chi connectivity index (χ1n) is 7.51. The second-order valence-electron chi connectivity index (χ2n) is 5.59. The fourth-order valence-corrected chi connectivity index (χ4v) is 2.39. The Morgan fingerprint density at radius 1 is 1.23 bits per heavy atom. The summed E-state index contributed by atoms with van der Waals surface area (Å²) in [5.74, 6) is -3.92. The molecule has 0 aromatic heterocycles. The number of carbonyl (C=O) groups excluding carboxylic acids is 1. The summed E-state index contributed by atoms with van der Waals surface area (Å²) in [6.45, 7) is -0.744. The van der Waals surface area contributed by atoms with E-state index in [1.54, 1.807) is 0 Å². The molecule has 0 saturated carbocycles. The lowest BCUT2D eigenvalue weighted by Gasteiger charge is -2.43. The average Bonchev–Trinajstić information content (AvgIpc) is 2.58. The number of carboxylic acid groups (broad SMARTS) is 2. The zero-order valence-corrected chi connectivity index (χ0v) is 14.4. The second-order valence-corrected chi connectivity index (χ2v) is 5.96. The molecule has 7 atom stereocenters. The predicted molar refractivity (Wildman–Crippen MR) is 86.3 cm³/mol. The minimum Gasteiger partial charge on any atom is -0.481 e. The smallest absolute Gasteiger partial charge is 0.333 e. The highest BCUT2D eigenvalue weighted by Crippen LogP contribution is 2.24. The molecule has 0 aromatic carbocycles. The number of hydrogen-bond donors (Lipinski definition) is 8. The fraction of sp³-hybridized carbons (Fsp3) is 0.769. The molecule has 150 valence electrons. The molecule has 0 aliphatic carbocycles. The molecule has 0 bridgehead atoms. The molecule has 1 fully saturated rings. The van der Waals surface area contributed by atoms with E-state index in [4.69, 9.17) is 25.4 Å². The third kappa shape index (κ3) is 5.77. The lowest BCUT2D eigenvalue weighted by molar-refractivity contribution is -0.281. The van der Waals surface area contributed by atoms with Crippen LogP contribution in [0.4, 0.5) is 0 Å². The molecule has 1 aliphatic heterocycles. The molecule has 0 unspecified atom stereocenters. The number of ether oxygens (including phenoxy) is 2. The van der Waals surface area contributed by atoms with Crippen molar-refractivity contribution in [3.63, 3.8) is 0 Å². The Morgan fingerprint density at radius 3 is 2.31 bits per heavy atom. The van der Waals surface area contributed by atoms with Crippen molar-refractivity contribution in [1.29, 1.82) is 0 Å². The van der Waals surface area contributed by atoms with Gasteiger partial charge in [-0.15, -0.1) is 0 Å². The van der Waals surface area contributed by atoms with Gasteiger partial charge in [-0.1, -0.05) is 0 Å². The standard InChI is InChI=1S/C13H22N2O10S/c14-4(3-26)11(21)15-8-10(20)9(19)6(2-16)25-13(8)24-5(12(22)23)1-7(17)18/h4-6,8-10,13,16,19-20,26H,1-3,14H2,(H,15,21)(H,17,18)(H,22,23)/t4-,5+,6-,8-,9-,10-,13+/m1/s1. The second kappa shape index (κ2) is 10.0. The van der Waals surface area contributed by atoms with Gasteiger partial charge in [-0.25, -0.2) is 4.79 Å². The Balaban J connectivity index is 3.03. The van der Waals surface area contributed by atoms with Crippen molar-refractivity contribution < 1.29 is 49.4 Å². The van der Waals surface area contributed by atoms with Crippen molar-refractivity contribution in [2.24, 2.45) is 5.73 Å². The van der Waals surface area contributed by atoms with Crippen molar-refractivity contribution in [3.05, 3.63) is 0 Å². The Morgan fingerprint density at radius 2 is 1.85 bits per heavy atom. The molecule has 8 N–H and O–H groups in total. The molecule has 26 heavy (non-hydrogen) atoms. The molecular weight excluding hydrogens is 376 g/mol. The number of carboxylic acids is 2. The SMILES string of the molecule is N[C@H](CS)C(=O)N[C@H]1[C@@H](O[C@@H](CC(=O)O)C(=O)O)O[C@H](CO)[C@@H](O)[C@@H]1O. The number of aliphatic hydroxyl groups excluding tert-OH is 3. The minimum absolute atomic E-state index is 0.0421. The van der Waals surface area contributed by atoms with Crippen LogP contribution in [0.15, 0.2) is 0 Å². The lowest BCUT2D eigenvalue weighted by atomic mass is 9.96. The van der Waals surface area contributed by atoms with E-state index in [0.29, 0.717) is 0 Å². The van der Waals surface area contributed by atoms with Gasteiger partial charge in [-0.2, -0.15) is 12.6 Å². The van der Waals surface area contributed by atoms with Crippen LogP contribution in [0.1, 0.15) is 6.42 Å². The van der Waals surface area contributed by atoms with Crippen LogP contribution in [0.25, 0.3) is 0 Å². The first-order chi connectivity index (χ1) is 12.1. The number of carbonyl (C=O) groups is 3. The maximum Gasteiger partial charge on any atom is 0.333 e. The molecule has 0 radical (unpaired) electrons. The van der Waals surface area contributed by atoms with Crippen molar-refractivity contribution in [2.75, 3.05) is 12.4 Å². The average molecular weight is 398 g/mol. The van der Waals surface area contributed by atoms with Crippen LogP contribution < -0.4 is 11.1 Å². The number of nitrogens with one attached hydrogen (secondary N) is 1. The quantitative estimate of drug-likeness (QED) is 0.176. The molecule has 1 rings (SSSR count). The number of nitrogens with two attached hydrogens (primary N) is 1. The van der Waals surface area contributed by atoms with Gasteiger partial charge in [0, 0.05) is 5.75 Å². The summed E-state index contributed by atoms with van der Waals surface area (Å²) >= 11 is 3.85. The van der Waals surface area contributed by atoms with Crippen LogP contribution in [-0.4, -0.2) is 98.5 Å². The summed E-state index contributed by atoms with van der Waals surface area (Å²) in [7, 11) is 0. The van der Waals surface area contributed by atoms with Gasteiger partial charge in [0.1, 0.15) is 24.4 Å². The van der Waals surface area contributed by atoms with E-state index in [1.807, 2.05) is 0 Å². The van der Waals surface area contributed by atoms with Gasteiger partial charge in [-0.05, 0) is 0 Å². The number of amides is 1. The topological polar surface area (TPSA) is 209 Å². The summed E-state index contributed by atoms with van der Waals surface area (Å²) < 4.78 is 10.3. The monoisotopic (exact) mass is 398 g/mol. The van der Waals surface area contributed by atoms with Gasteiger partial charge in [0.15, 0.2) is 12.4 Å². The van der Waals surface area contributed by atoms with Crippen LogP contribution in [0, 0.1) is 0 Å². The first-order valence-corrected chi connectivity index (χ1v) is 8.14. The van der Waals surface area contributed by atoms with E-state index < -0.39 is 73.7 Å². The molecule has 13 heteroatoms. The van der Waals surface area contributed by atoms with Crippen molar-refractivity contribution in [3.8, 4) is 0 Å². The molecule has 1 aliphatic rings. The number of hydrogen-bond acceptors (Lipinski definition) is 10. The van der Waals surface area contributed by atoms with Crippen LogP contribution in [0.3, 0.4) is 0 Å². The van der Waals surface area contributed by atoms with E-state index in [9.17, 15) is 29.7 Å². The van der Waals surface area contributed by atoms with Gasteiger partial charge >= 0.3 is 11.9 Å². The van der Waals surface area contributed by atoms with Crippen molar-refractivity contribution >= 4 is 30.5 Å². The first kappa shape index (κ1) is 22.6. The maximum absolute atomic E-state index is 11.9. The predicted octanol–water partition coefficient (Wildman–Crippen LogP) is -3.89. The number of rotatable bonds is 9. The highest BCUT2D eigenvalue weighted by atomic mass is 32.1. The summed E-state index contributed by atoms with van der Waals surface area (Å²) in [5.41, 5.74) is 5.50. The van der Waals surface area contributed by atoms with Crippen LogP contribution in [0.5, 0.6) is 0 Å². The normalized spacial score (nSPS) is 31.0. The lowest BCUT2D eigenvalue weighted by Crippen LogP contribution is -2.66. The van der Waals surface area contributed by atoms with Gasteiger partial charge in [-0.3, -0.25) is 9.59 Å². The van der Waals surface area contributed by atoms with Gasteiger partial charge < -0.3 is 46.1 Å². The summed E-state index contributed by atoms with van der Waals surface area (Å²) in [4.78, 5) is 33.9. The largest absolute Gasteiger partial charge is 0.481 e. The van der Waals surface area contributed by atoms with E-state index in [-0.39, 0.29) is 5.75 Å². The summed E-state index contributed by atoms with van der Waals surface area (Å²) in [5, 5.41) is 49.4. The molecule has 1 heterocycles. The minimum atomic E-state index is -1.86. The molecule has 0 spiro atoms. The molecule has 1 amide bonds. The number of aliphatic hydroxyl groups is 3. The van der Waals surface area contributed by atoms with Crippen LogP contribution >= 0.6 is 12.6 Å². The molecule has 1 saturated heterocycles. The highest BCUT2D eigenvalue weighted by Gasteiger charge is 2.47. The molecule has 0 aromatic rings. The van der Waals surface area contributed by atoms with Crippen molar-refractivity contribution in [1.82, 2.24) is 5.32 Å². The Bertz CT molecular complexity index is 521. The fourth-order valence-electron chi connectivity index (χ4n) is 2.22. The zero-order valence-electron chi connectivity index (χ0n) is 13.5. The Labute approximate surface area is 153 Å². The van der Waals surface area contributed by atoms with Crippen molar-refractivity contribution in [2.45, 2.75) is 49.2 Å². The van der Waals surface area contributed by atoms with Crippen LogP contribution in [0.2, 0.25) is 0 Å². The molecular formula is C13H22N2O10S. The number of thiol groups is 1. The highest BCUT2D eigenvalue weighted by molar-refractivity contribution is 7.80. The summed E-state index contributed by atoms with van der Waals surface area (Å²) in [6, 6.07) is -2.55. The summed E-state index contributed by atoms with van der Waals surface area (Å²) in [6.07, 6.45) is -9.13.